The van der Waals surface area contributed by atoms with Gasteiger partial charge in [-0.25, -0.2) is 9.97 Å². The molecule has 0 bridgehead atoms. The predicted molar refractivity (Wildman–Crippen MR) is 79.0 cm³/mol. The van der Waals surface area contributed by atoms with Crippen molar-refractivity contribution < 1.29 is 14.8 Å². The van der Waals surface area contributed by atoms with Gasteiger partial charge in [-0.15, -0.1) is 0 Å². The Bertz CT molecular complexity index is 708. The highest BCUT2D eigenvalue weighted by atomic mass is 35.5. The van der Waals surface area contributed by atoms with Crippen molar-refractivity contribution in [1.29, 1.82) is 0 Å². The number of aryl methyl sites for hydroxylation is 1. The van der Waals surface area contributed by atoms with Crippen molar-refractivity contribution in [2.75, 3.05) is 0 Å². The van der Waals surface area contributed by atoms with Crippen molar-refractivity contribution in [3.05, 3.63) is 62.2 Å². The Kier molecular flexibility index (Phi) is 4.67. The maximum absolute atomic E-state index is 10.8. The summed E-state index contributed by atoms with van der Waals surface area (Å²) >= 11 is 6.01. The molecule has 1 N–H and O–H groups in total. The quantitative estimate of drug-likeness (QED) is 0.515. The van der Waals surface area contributed by atoms with E-state index in [0.29, 0.717) is 23.5 Å². The van der Waals surface area contributed by atoms with Gasteiger partial charge in [0.25, 0.3) is 5.69 Å². The molecule has 2 rings (SSSR count). The number of benzene rings is 1. The SMILES string of the molecule is Cc1nc(Cc2ccc([N+](=O)[O-])cc2)nc(Cl)c1CC(=O)O. The van der Waals surface area contributed by atoms with Crippen LogP contribution in [0.15, 0.2) is 24.3 Å². The van der Waals surface area contributed by atoms with Gasteiger partial charge in [0.15, 0.2) is 0 Å². The van der Waals surface area contributed by atoms with Crippen LogP contribution in [0.2, 0.25) is 5.15 Å². The predicted octanol–water partition coefficient (Wildman–Crippen LogP) is 2.56. The molecule has 1 heterocycles. The Morgan fingerprint density at radius 2 is 1.95 bits per heavy atom. The van der Waals surface area contributed by atoms with E-state index in [1.165, 1.54) is 12.1 Å². The zero-order valence-corrected chi connectivity index (χ0v) is 12.4. The van der Waals surface area contributed by atoms with E-state index in [9.17, 15) is 14.9 Å². The molecular formula is C14H12ClN3O4. The minimum atomic E-state index is -1.00. The molecular weight excluding hydrogens is 310 g/mol. The normalized spacial score (nSPS) is 10.5. The standard InChI is InChI=1S/C14H12ClN3O4/c1-8-11(7-13(19)20)14(15)17-12(16-8)6-9-2-4-10(5-3-9)18(21)22/h2-5H,6-7H2,1H3,(H,19,20). The number of hydrogen-bond acceptors (Lipinski definition) is 5. The number of aliphatic carboxylic acids is 1. The lowest BCUT2D eigenvalue weighted by Gasteiger charge is -2.08. The van der Waals surface area contributed by atoms with Crippen LogP contribution in [0.5, 0.6) is 0 Å². The van der Waals surface area contributed by atoms with Crippen molar-refractivity contribution in [3.8, 4) is 0 Å². The lowest BCUT2D eigenvalue weighted by molar-refractivity contribution is -0.384. The van der Waals surface area contributed by atoms with Crippen molar-refractivity contribution in [3.63, 3.8) is 0 Å². The van der Waals surface area contributed by atoms with Crippen LogP contribution in [0.1, 0.15) is 22.6 Å². The highest BCUT2D eigenvalue weighted by Crippen LogP contribution is 2.19. The topological polar surface area (TPSA) is 106 Å². The van der Waals surface area contributed by atoms with Crippen molar-refractivity contribution in [2.24, 2.45) is 0 Å². The second-order valence-electron chi connectivity index (χ2n) is 4.67. The van der Waals surface area contributed by atoms with E-state index in [4.69, 9.17) is 16.7 Å². The monoisotopic (exact) mass is 321 g/mol. The molecule has 0 aliphatic rings. The first kappa shape index (κ1) is 15.8. The Morgan fingerprint density at radius 1 is 1.32 bits per heavy atom. The highest BCUT2D eigenvalue weighted by Gasteiger charge is 2.14. The van der Waals surface area contributed by atoms with Gasteiger partial charge in [0.05, 0.1) is 11.3 Å². The molecule has 22 heavy (non-hydrogen) atoms. The minimum absolute atomic E-state index is 0.00990. The molecule has 0 saturated heterocycles. The first-order chi connectivity index (χ1) is 10.4. The van der Waals surface area contributed by atoms with Crippen LogP contribution in [0.4, 0.5) is 5.69 Å². The van der Waals surface area contributed by atoms with E-state index in [1.807, 2.05) is 0 Å². The zero-order valence-electron chi connectivity index (χ0n) is 11.6. The van der Waals surface area contributed by atoms with E-state index >= 15 is 0 Å². The molecule has 0 saturated carbocycles. The minimum Gasteiger partial charge on any atom is -0.481 e. The molecule has 2 aromatic rings. The number of halogens is 1. The largest absolute Gasteiger partial charge is 0.481 e. The van der Waals surface area contributed by atoms with Crippen LogP contribution in [-0.2, 0) is 17.6 Å². The van der Waals surface area contributed by atoms with Crippen molar-refractivity contribution in [2.45, 2.75) is 19.8 Å². The van der Waals surface area contributed by atoms with Gasteiger partial charge in [-0.2, -0.15) is 0 Å². The molecule has 8 heteroatoms. The Labute approximate surface area is 130 Å². The molecule has 1 aromatic carbocycles. The third kappa shape index (κ3) is 3.76. The number of rotatable bonds is 5. The number of nitro groups is 1. The number of hydrogen-bond donors (Lipinski definition) is 1. The smallest absolute Gasteiger partial charge is 0.308 e. The van der Waals surface area contributed by atoms with Gasteiger partial charge in [0, 0.05) is 29.8 Å². The zero-order chi connectivity index (χ0) is 16.3. The lowest BCUT2D eigenvalue weighted by Crippen LogP contribution is -2.08. The third-order valence-electron chi connectivity index (χ3n) is 3.05. The highest BCUT2D eigenvalue weighted by molar-refractivity contribution is 6.30. The number of nitro benzene ring substituents is 1. The number of aromatic nitrogens is 2. The van der Waals surface area contributed by atoms with Crippen LogP contribution in [0, 0.1) is 17.0 Å². The average molecular weight is 322 g/mol. The van der Waals surface area contributed by atoms with Gasteiger partial charge >= 0.3 is 5.97 Å². The number of nitrogens with zero attached hydrogens (tertiary/aromatic N) is 3. The van der Waals surface area contributed by atoms with E-state index in [0.717, 1.165) is 5.56 Å². The van der Waals surface area contributed by atoms with Crippen LogP contribution >= 0.6 is 11.6 Å². The molecule has 7 nitrogen and oxygen atoms in total. The fourth-order valence-electron chi connectivity index (χ4n) is 1.97. The second kappa shape index (κ2) is 6.48. The summed E-state index contributed by atoms with van der Waals surface area (Å²) in [4.78, 5) is 29.2. The second-order valence-corrected chi connectivity index (χ2v) is 5.02. The summed E-state index contributed by atoms with van der Waals surface area (Å²) in [5, 5.41) is 19.5. The molecule has 0 unspecified atom stereocenters. The van der Waals surface area contributed by atoms with Crippen LogP contribution in [0.25, 0.3) is 0 Å². The molecule has 0 aliphatic carbocycles. The van der Waals surface area contributed by atoms with E-state index in [2.05, 4.69) is 9.97 Å². The van der Waals surface area contributed by atoms with Gasteiger partial charge < -0.3 is 5.11 Å². The summed E-state index contributed by atoms with van der Waals surface area (Å²) in [5.41, 5.74) is 1.71. The Hall–Kier alpha value is -2.54. The van der Waals surface area contributed by atoms with E-state index in [1.54, 1.807) is 19.1 Å². The van der Waals surface area contributed by atoms with E-state index in [-0.39, 0.29) is 17.3 Å². The summed E-state index contributed by atoms with van der Waals surface area (Å²) in [6.07, 6.45) is 0.119. The molecule has 0 atom stereocenters. The van der Waals surface area contributed by atoms with Gasteiger partial charge in [0.2, 0.25) is 0 Å². The molecule has 0 spiro atoms. The summed E-state index contributed by atoms with van der Waals surface area (Å²) in [6, 6.07) is 6.05. The molecule has 0 amide bonds. The number of carbonyl (C=O) groups is 1. The van der Waals surface area contributed by atoms with Gasteiger partial charge in [0.1, 0.15) is 11.0 Å². The summed E-state index contributed by atoms with van der Waals surface area (Å²) in [6.45, 7) is 1.67. The fourth-order valence-corrected chi connectivity index (χ4v) is 2.27. The molecule has 0 radical (unpaired) electrons. The van der Waals surface area contributed by atoms with Gasteiger partial charge in [-0.05, 0) is 12.5 Å². The first-order valence-corrected chi connectivity index (χ1v) is 6.71. The Balaban J connectivity index is 2.23. The van der Waals surface area contributed by atoms with Crippen LogP contribution < -0.4 is 0 Å². The molecule has 0 fully saturated rings. The molecule has 114 valence electrons. The summed E-state index contributed by atoms with van der Waals surface area (Å²) in [7, 11) is 0. The van der Waals surface area contributed by atoms with E-state index < -0.39 is 10.9 Å². The van der Waals surface area contributed by atoms with Crippen LogP contribution in [-0.4, -0.2) is 26.0 Å². The maximum Gasteiger partial charge on any atom is 0.308 e. The van der Waals surface area contributed by atoms with Gasteiger partial charge in [-0.1, -0.05) is 23.7 Å². The summed E-state index contributed by atoms with van der Waals surface area (Å²) < 4.78 is 0. The molecule has 1 aromatic heterocycles. The number of non-ortho nitro benzene ring substituents is 1. The average Bonchev–Trinajstić information content (AvgIpc) is 2.43. The van der Waals surface area contributed by atoms with Crippen molar-refractivity contribution in [1.82, 2.24) is 9.97 Å². The fraction of sp³-hybridized carbons (Fsp3) is 0.214. The van der Waals surface area contributed by atoms with Gasteiger partial charge in [-0.3, -0.25) is 14.9 Å². The first-order valence-electron chi connectivity index (χ1n) is 6.34. The number of carboxylic acid groups (broad SMARTS) is 1. The molecule has 0 aliphatic heterocycles. The van der Waals surface area contributed by atoms with Crippen LogP contribution in [0.3, 0.4) is 0 Å². The van der Waals surface area contributed by atoms with Crippen molar-refractivity contribution >= 4 is 23.3 Å². The number of carboxylic acids is 1. The maximum atomic E-state index is 10.8. The summed E-state index contributed by atoms with van der Waals surface area (Å²) in [5.74, 6) is -0.567. The third-order valence-corrected chi connectivity index (χ3v) is 3.36. The Morgan fingerprint density at radius 3 is 2.45 bits per heavy atom. The lowest BCUT2D eigenvalue weighted by atomic mass is 10.1.